The number of anilines is 1. The van der Waals surface area contributed by atoms with E-state index < -0.39 is 0 Å². The number of benzene rings is 1. The molecule has 1 fully saturated rings. The molecule has 3 rings (SSSR count). The van der Waals surface area contributed by atoms with Crippen molar-refractivity contribution in [3.05, 3.63) is 42.2 Å². The van der Waals surface area contributed by atoms with Gasteiger partial charge in [0.15, 0.2) is 0 Å². The third-order valence-corrected chi connectivity index (χ3v) is 4.27. The zero-order valence-electron chi connectivity index (χ0n) is 12.9. The molecule has 2 aromatic rings. The molecular weight excluding hydrogens is 281 g/mol. The quantitative estimate of drug-likeness (QED) is 0.914. The lowest BCUT2D eigenvalue weighted by Gasteiger charge is -2.34. The van der Waals surface area contributed by atoms with E-state index in [4.69, 9.17) is 0 Å². The van der Waals surface area contributed by atoms with E-state index in [1.54, 1.807) is 12.4 Å². The maximum Gasteiger partial charge on any atom is 0.146 e. The molecule has 0 spiro atoms. The van der Waals surface area contributed by atoms with Gasteiger partial charge >= 0.3 is 0 Å². The summed E-state index contributed by atoms with van der Waals surface area (Å²) in [6.45, 7) is 2.68. The molecule has 1 N–H and O–H groups in total. The highest BCUT2D eigenvalue weighted by atomic mass is 19.1. The first-order chi connectivity index (χ1) is 10.7. The van der Waals surface area contributed by atoms with Gasteiger partial charge in [-0.25, -0.2) is 9.37 Å². The molecule has 1 aromatic heterocycles. The van der Waals surface area contributed by atoms with Gasteiger partial charge in [-0.1, -0.05) is 12.1 Å². The lowest BCUT2D eigenvalue weighted by Crippen LogP contribution is -2.43. The molecule has 1 aromatic carbocycles. The molecule has 0 aliphatic carbocycles. The minimum absolute atomic E-state index is 0.129. The molecule has 0 unspecified atom stereocenters. The molecule has 0 radical (unpaired) electrons. The van der Waals surface area contributed by atoms with Crippen molar-refractivity contribution in [1.82, 2.24) is 20.1 Å². The molecule has 1 aliphatic heterocycles. The fraction of sp³-hybridized carbons (Fsp3) is 0.500. The van der Waals surface area contributed by atoms with Crippen LogP contribution in [0.25, 0.3) is 0 Å². The maximum atomic E-state index is 13.8. The average molecular weight is 303 g/mol. The third kappa shape index (κ3) is 3.44. The second-order valence-corrected chi connectivity index (χ2v) is 5.72. The first-order valence-corrected chi connectivity index (χ1v) is 7.80. The highest BCUT2D eigenvalue weighted by Gasteiger charge is 2.20. The van der Waals surface area contributed by atoms with E-state index in [2.05, 4.69) is 20.3 Å². The van der Waals surface area contributed by atoms with Crippen molar-refractivity contribution in [2.75, 3.05) is 24.5 Å². The second-order valence-electron chi connectivity index (χ2n) is 5.72. The monoisotopic (exact) mass is 303 g/mol. The van der Waals surface area contributed by atoms with Crippen molar-refractivity contribution in [2.45, 2.75) is 25.3 Å². The third-order valence-electron chi connectivity index (χ3n) is 4.27. The molecule has 5 nitrogen and oxygen atoms in total. The van der Waals surface area contributed by atoms with E-state index in [1.165, 1.54) is 6.07 Å². The van der Waals surface area contributed by atoms with Crippen molar-refractivity contribution < 1.29 is 4.39 Å². The van der Waals surface area contributed by atoms with Crippen LogP contribution in [0.4, 0.5) is 10.1 Å². The Balaban J connectivity index is 1.44. The maximum absolute atomic E-state index is 13.8. The number of halogens is 1. The van der Waals surface area contributed by atoms with Crippen LogP contribution in [-0.2, 0) is 13.5 Å². The van der Waals surface area contributed by atoms with Gasteiger partial charge in [-0.2, -0.15) is 5.10 Å². The van der Waals surface area contributed by atoms with Gasteiger partial charge in [-0.05, 0) is 25.0 Å². The Labute approximate surface area is 130 Å². The fourth-order valence-corrected chi connectivity index (χ4v) is 2.97. The predicted octanol–water partition coefficient (Wildman–Crippen LogP) is 1.76. The van der Waals surface area contributed by atoms with Gasteiger partial charge in [-0.15, -0.1) is 0 Å². The van der Waals surface area contributed by atoms with Crippen molar-refractivity contribution in [2.24, 2.45) is 7.05 Å². The van der Waals surface area contributed by atoms with E-state index in [1.807, 2.05) is 23.9 Å². The number of nitrogens with one attached hydrogen (secondary N) is 1. The van der Waals surface area contributed by atoms with Crippen LogP contribution in [0, 0.1) is 5.82 Å². The van der Waals surface area contributed by atoms with E-state index in [-0.39, 0.29) is 5.82 Å². The van der Waals surface area contributed by atoms with Crippen molar-refractivity contribution in [3.63, 3.8) is 0 Å². The van der Waals surface area contributed by atoms with Crippen molar-refractivity contribution in [3.8, 4) is 0 Å². The zero-order valence-corrected chi connectivity index (χ0v) is 12.9. The second kappa shape index (κ2) is 6.87. The average Bonchev–Trinajstić information content (AvgIpc) is 2.94. The number of aromatic nitrogens is 3. The predicted molar refractivity (Wildman–Crippen MR) is 84.3 cm³/mol. The Kier molecular flexibility index (Phi) is 4.68. The van der Waals surface area contributed by atoms with E-state index in [9.17, 15) is 4.39 Å². The Morgan fingerprint density at radius 1 is 1.27 bits per heavy atom. The van der Waals surface area contributed by atoms with E-state index in [0.29, 0.717) is 6.04 Å². The molecule has 0 amide bonds. The Bertz CT molecular complexity index is 604. The number of piperidine rings is 1. The van der Waals surface area contributed by atoms with Crippen LogP contribution in [0.1, 0.15) is 18.7 Å². The summed E-state index contributed by atoms with van der Waals surface area (Å²) in [5.41, 5.74) is 0.722. The standard InChI is InChI=1S/C16H22FN5/c1-21-16(19-12-20-21)6-9-18-13-7-10-22(11-8-13)15-5-3-2-4-14(15)17/h2-5,12-13,18H,6-11H2,1H3. The van der Waals surface area contributed by atoms with Gasteiger partial charge in [0, 0.05) is 39.1 Å². The minimum Gasteiger partial charge on any atom is -0.369 e. The van der Waals surface area contributed by atoms with Gasteiger partial charge in [0.25, 0.3) is 0 Å². The summed E-state index contributed by atoms with van der Waals surface area (Å²) in [4.78, 5) is 6.36. The number of rotatable bonds is 5. The number of hydrogen-bond donors (Lipinski definition) is 1. The smallest absolute Gasteiger partial charge is 0.146 e. The van der Waals surface area contributed by atoms with Crippen LogP contribution in [-0.4, -0.2) is 40.4 Å². The van der Waals surface area contributed by atoms with Gasteiger partial charge in [-0.3, -0.25) is 4.68 Å². The molecular formula is C16H22FN5. The Hall–Kier alpha value is -1.95. The van der Waals surface area contributed by atoms with Gasteiger partial charge < -0.3 is 10.2 Å². The molecule has 2 heterocycles. The first-order valence-electron chi connectivity index (χ1n) is 7.80. The van der Waals surface area contributed by atoms with Crippen LogP contribution in [0.3, 0.4) is 0 Å². The summed E-state index contributed by atoms with van der Waals surface area (Å²) >= 11 is 0. The van der Waals surface area contributed by atoms with E-state index in [0.717, 1.165) is 50.4 Å². The summed E-state index contributed by atoms with van der Waals surface area (Å²) in [7, 11) is 1.91. The molecule has 118 valence electrons. The molecule has 0 bridgehead atoms. The normalized spacial score (nSPS) is 16.2. The van der Waals surface area contributed by atoms with Crippen LogP contribution in [0.15, 0.2) is 30.6 Å². The topological polar surface area (TPSA) is 46.0 Å². The number of hydrogen-bond acceptors (Lipinski definition) is 4. The number of aryl methyl sites for hydroxylation is 1. The largest absolute Gasteiger partial charge is 0.369 e. The van der Waals surface area contributed by atoms with Gasteiger partial charge in [0.2, 0.25) is 0 Å². The summed E-state index contributed by atoms with van der Waals surface area (Å²) in [5.74, 6) is 0.868. The van der Waals surface area contributed by atoms with Crippen molar-refractivity contribution in [1.29, 1.82) is 0 Å². The van der Waals surface area contributed by atoms with Gasteiger partial charge in [0.1, 0.15) is 18.0 Å². The number of nitrogens with zero attached hydrogens (tertiary/aromatic N) is 4. The summed E-state index contributed by atoms with van der Waals surface area (Å²) in [6, 6.07) is 7.51. The lowest BCUT2D eigenvalue weighted by molar-refractivity contribution is 0.412. The fourth-order valence-electron chi connectivity index (χ4n) is 2.97. The molecule has 0 saturated carbocycles. The highest BCUT2D eigenvalue weighted by molar-refractivity contribution is 5.47. The van der Waals surface area contributed by atoms with Crippen LogP contribution < -0.4 is 10.2 Å². The molecule has 22 heavy (non-hydrogen) atoms. The highest BCUT2D eigenvalue weighted by Crippen LogP contribution is 2.22. The van der Waals surface area contributed by atoms with Gasteiger partial charge in [0.05, 0.1) is 5.69 Å². The zero-order chi connectivity index (χ0) is 15.4. The van der Waals surface area contributed by atoms with Crippen LogP contribution >= 0.6 is 0 Å². The lowest BCUT2D eigenvalue weighted by atomic mass is 10.0. The first kappa shape index (κ1) is 15.0. The summed E-state index contributed by atoms with van der Waals surface area (Å²) in [6.07, 6.45) is 4.53. The van der Waals surface area contributed by atoms with Crippen LogP contribution in [0.2, 0.25) is 0 Å². The number of para-hydroxylation sites is 1. The molecule has 0 atom stereocenters. The summed E-state index contributed by atoms with van der Waals surface area (Å²) < 4.78 is 15.6. The molecule has 6 heteroatoms. The van der Waals surface area contributed by atoms with Crippen LogP contribution in [0.5, 0.6) is 0 Å². The minimum atomic E-state index is -0.129. The van der Waals surface area contributed by atoms with E-state index >= 15 is 0 Å². The Morgan fingerprint density at radius 2 is 2.05 bits per heavy atom. The summed E-state index contributed by atoms with van der Waals surface area (Å²) in [5, 5.41) is 7.64. The molecule has 1 aliphatic rings. The Morgan fingerprint density at radius 3 is 2.73 bits per heavy atom. The van der Waals surface area contributed by atoms with Crippen molar-refractivity contribution >= 4 is 5.69 Å². The SMILES string of the molecule is Cn1ncnc1CCNC1CCN(c2ccccc2F)CC1. The molecule has 1 saturated heterocycles.